The number of nitrogens with zero attached hydrogens (tertiary/aromatic N) is 4. The van der Waals surface area contributed by atoms with Gasteiger partial charge in [0.25, 0.3) is 0 Å². The number of benzene rings is 1. The van der Waals surface area contributed by atoms with Crippen LogP contribution in [0.3, 0.4) is 0 Å². The first kappa shape index (κ1) is 15.8. The molecule has 7 heteroatoms. The molecular weight excluding hydrogens is 306 g/mol. The molecule has 0 unspecified atom stereocenters. The molecule has 1 aromatic carbocycles. The van der Waals surface area contributed by atoms with Gasteiger partial charge in [-0.15, -0.1) is 0 Å². The lowest BCUT2D eigenvalue weighted by atomic mass is 10.1. The summed E-state index contributed by atoms with van der Waals surface area (Å²) in [7, 11) is 5.17. The van der Waals surface area contributed by atoms with Gasteiger partial charge in [0.15, 0.2) is 0 Å². The Labute approximate surface area is 140 Å². The monoisotopic (exact) mass is 325 g/mol. The van der Waals surface area contributed by atoms with E-state index in [2.05, 4.69) is 20.3 Å². The first-order valence-corrected chi connectivity index (χ1v) is 7.46. The van der Waals surface area contributed by atoms with Crippen molar-refractivity contribution in [1.29, 1.82) is 0 Å². The highest BCUT2D eigenvalue weighted by Gasteiger charge is 2.20. The van der Waals surface area contributed by atoms with Crippen molar-refractivity contribution in [1.82, 2.24) is 19.5 Å². The zero-order valence-corrected chi connectivity index (χ0v) is 13.8. The molecule has 0 aliphatic heterocycles. The van der Waals surface area contributed by atoms with Gasteiger partial charge < -0.3 is 19.4 Å². The maximum atomic E-state index is 5.33. The van der Waals surface area contributed by atoms with E-state index in [0.717, 1.165) is 17.1 Å². The number of rotatable bonds is 6. The van der Waals surface area contributed by atoms with Gasteiger partial charge in [-0.1, -0.05) is 12.1 Å². The second kappa shape index (κ2) is 6.99. The Balaban J connectivity index is 2.00. The number of anilines is 1. The van der Waals surface area contributed by atoms with Crippen molar-refractivity contribution in [3.05, 3.63) is 60.3 Å². The highest BCUT2D eigenvalue weighted by molar-refractivity contribution is 5.40. The molecule has 0 saturated heterocycles. The molecule has 0 aliphatic carbocycles. The van der Waals surface area contributed by atoms with E-state index in [1.54, 1.807) is 32.7 Å². The van der Waals surface area contributed by atoms with Crippen molar-refractivity contribution in [2.24, 2.45) is 7.05 Å². The largest absolute Gasteiger partial charge is 0.497 e. The molecule has 0 radical (unpaired) electrons. The van der Waals surface area contributed by atoms with E-state index in [-0.39, 0.29) is 6.04 Å². The number of aryl methyl sites for hydroxylation is 1. The van der Waals surface area contributed by atoms with E-state index in [9.17, 15) is 0 Å². The van der Waals surface area contributed by atoms with Crippen LogP contribution >= 0.6 is 0 Å². The molecule has 2 aromatic heterocycles. The summed E-state index contributed by atoms with van der Waals surface area (Å²) in [6, 6.07) is 9.29. The first-order valence-electron chi connectivity index (χ1n) is 7.46. The van der Waals surface area contributed by atoms with Crippen LogP contribution in [-0.2, 0) is 7.05 Å². The predicted octanol–water partition coefficient (Wildman–Crippen LogP) is 2.43. The molecule has 1 N–H and O–H groups in total. The maximum absolute atomic E-state index is 5.33. The molecule has 1 atom stereocenters. The summed E-state index contributed by atoms with van der Waals surface area (Å²) in [6.45, 7) is 0. The van der Waals surface area contributed by atoms with Gasteiger partial charge in [-0.25, -0.2) is 9.97 Å². The van der Waals surface area contributed by atoms with E-state index in [0.29, 0.717) is 11.8 Å². The van der Waals surface area contributed by atoms with Gasteiger partial charge in [-0.3, -0.25) is 0 Å². The number of ether oxygens (including phenoxy) is 2. The minimum absolute atomic E-state index is 0.229. The second-order valence-electron chi connectivity index (χ2n) is 5.17. The van der Waals surface area contributed by atoms with Crippen LogP contribution in [0.5, 0.6) is 11.6 Å². The fourth-order valence-corrected chi connectivity index (χ4v) is 2.43. The van der Waals surface area contributed by atoms with Crippen LogP contribution in [0.1, 0.15) is 17.4 Å². The van der Waals surface area contributed by atoms with Gasteiger partial charge in [0.1, 0.15) is 17.6 Å². The van der Waals surface area contributed by atoms with Gasteiger partial charge in [-0.05, 0) is 17.7 Å². The van der Waals surface area contributed by atoms with E-state index in [4.69, 9.17) is 9.47 Å². The average Bonchev–Trinajstić information content (AvgIpc) is 3.05. The summed E-state index contributed by atoms with van der Waals surface area (Å²) in [5.41, 5.74) is 0.995. The highest BCUT2D eigenvalue weighted by Crippen LogP contribution is 2.27. The molecule has 7 nitrogen and oxygen atoms in total. The van der Waals surface area contributed by atoms with Gasteiger partial charge in [0, 0.05) is 31.7 Å². The number of nitrogens with one attached hydrogen (secondary N) is 1. The Kier molecular flexibility index (Phi) is 4.60. The van der Waals surface area contributed by atoms with Crippen molar-refractivity contribution >= 4 is 5.95 Å². The molecule has 0 spiro atoms. The van der Waals surface area contributed by atoms with E-state index >= 15 is 0 Å². The Bertz CT molecular complexity index is 818. The highest BCUT2D eigenvalue weighted by atomic mass is 16.5. The third-order valence-corrected chi connectivity index (χ3v) is 3.66. The fraction of sp³-hybridized carbons (Fsp3) is 0.235. The Morgan fingerprint density at radius 2 is 1.96 bits per heavy atom. The summed E-state index contributed by atoms with van der Waals surface area (Å²) in [4.78, 5) is 13.0. The molecule has 0 saturated carbocycles. The number of hydrogen-bond acceptors (Lipinski definition) is 6. The van der Waals surface area contributed by atoms with Crippen LogP contribution in [0, 0.1) is 0 Å². The molecule has 124 valence electrons. The smallest absolute Gasteiger partial charge is 0.226 e. The number of aromatic nitrogens is 4. The van der Waals surface area contributed by atoms with E-state index in [1.165, 1.54) is 0 Å². The molecule has 0 amide bonds. The van der Waals surface area contributed by atoms with Crippen molar-refractivity contribution in [3.8, 4) is 11.6 Å². The zero-order valence-electron chi connectivity index (χ0n) is 13.8. The predicted molar refractivity (Wildman–Crippen MR) is 90.3 cm³/mol. The fourth-order valence-electron chi connectivity index (χ4n) is 2.43. The third-order valence-electron chi connectivity index (χ3n) is 3.66. The molecule has 24 heavy (non-hydrogen) atoms. The zero-order chi connectivity index (χ0) is 16.9. The topological polar surface area (TPSA) is 74.1 Å². The summed E-state index contributed by atoms with van der Waals surface area (Å²) in [5.74, 6) is 2.58. The summed E-state index contributed by atoms with van der Waals surface area (Å²) in [6.07, 6.45) is 5.31. The quantitative estimate of drug-likeness (QED) is 0.750. The SMILES string of the molecule is COc1cccc([C@@H](Nc2nccc(OC)n2)c2nccn2C)c1. The third kappa shape index (κ3) is 3.29. The molecular formula is C17H19N5O2. The average molecular weight is 325 g/mol. The van der Waals surface area contributed by atoms with Crippen LogP contribution in [0.4, 0.5) is 5.95 Å². The summed E-state index contributed by atoms with van der Waals surface area (Å²) in [5, 5.41) is 3.32. The molecule has 3 rings (SSSR count). The van der Waals surface area contributed by atoms with Crippen LogP contribution in [0.2, 0.25) is 0 Å². The van der Waals surface area contributed by atoms with E-state index in [1.807, 2.05) is 42.1 Å². The van der Waals surface area contributed by atoms with Gasteiger partial charge in [0.05, 0.1) is 14.2 Å². The maximum Gasteiger partial charge on any atom is 0.226 e. The number of hydrogen-bond donors (Lipinski definition) is 1. The van der Waals surface area contributed by atoms with Crippen LogP contribution in [-0.4, -0.2) is 33.7 Å². The Hall–Kier alpha value is -3.09. The van der Waals surface area contributed by atoms with Crippen molar-refractivity contribution in [3.63, 3.8) is 0 Å². The van der Waals surface area contributed by atoms with Crippen LogP contribution < -0.4 is 14.8 Å². The normalized spacial score (nSPS) is 11.8. The molecule has 0 bridgehead atoms. The molecule has 0 aliphatic rings. The molecule has 2 heterocycles. The van der Waals surface area contributed by atoms with Crippen molar-refractivity contribution < 1.29 is 9.47 Å². The second-order valence-corrected chi connectivity index (χ2v) is 5.17. The lowest BCUT2D eigenvalue weighted by Gasteiger charge is -2.19. The van der Waals surface area contributed by atoms with Crippen molar-refractivity contribution in [2.75, 3.05) is 19.5 Å². The van der Waals surface area contributed by atoms with E-state index < -0.39 is 0 Å². The Morgan fingerprint density at radius 3 is 2.67 bits per heavy atom. The van der Waals surface area contributed by atoms with Crippen molar-refractivity contribution in [2.45, 2.75) is 6.04 Å². The Morgan fingerprint density at radius 1 is 1.08 bits per heavy atom. The molecule has 3 aromatic rings. The lowest BCUT2D eigenvalue weighted by Crippen LogP contribution is -2.18. The number of imidazole rings is 1. The standard InChI is InChI=1S/C17H19N5O2/c1-22-10-9-18-16(22)15(12-5-4-6-13(11-12)23-2)21-17-19-8-7-14(20-17)24-3/h4-11,15H,1-3H3,(H,19,20,21)/t15-/m1/s1. The van der Waals surface area contributed by atoms with Gasteiger partial charge in [-0.2, -0.15) is 4.98 Å². The van der Waals surface area contributed by atoms with Gasteiger partial charge in [0.2, 0.25) is 11.8 Å². The van der Waals surface area contributed by atoms with Gasteiger partial charge >= 0.3 is 0 Å². The molecule has 0 fully saturated rings. The van der Waals surface area contributed by atoms with Crippen LogP contribution in [0.15, 0.2) is 48.9 Å². The minimum Gasteiger partial charge on any atom is -0.497 e. The van der Waals surface area contributed by atoms with Crippen LogP contribution in [0.25, 0.3) is 0 Å². The summed E-state index contributed by atoms with van der Waals surface area (Å²) < 4.78 is 12.4. The first-order chi connectivity index (χ1) is 11.7. The summed E-state index contributed by atoms with van der Waals surface area (Å²) >= 11 is 0. The number of methoxy groups -OCH3 is 2. The lowest BCUT2D eigenvalue weighted by molar-refractivity contribution is 0.397. The minimum atomic E-state index is -0.229.